The van der Waals surface area contributed by atoms with Crippen LogP contribution in [0.15, 0.2) is 79.4 Å². The molecule has 0 saturated carbocycles. The van der Waals surface area contributed by atoms with Gasteiger partial charge in [-0.1, -0.05) is 54.6 Å². The summed E-state index contributed by atoms with van der Waals surface area (Å²) in [7, 11) is 0. The lowest BCUT2D eigenvalue weighted by Gasteiger charge is -2.31. The van der Waals surface area contributed by atoms with Gasteiger partial charge in [0.2, 0.25) is 0 Å². The monoisotopic (exact) mass is 541 g/mol. The van der Waals surface area contributed by atoms with Gasteiger partial charge in [0.1, 0.15) is 11.9 Å². The second kappa shape index (κ2) is 12.5. The number of hydrogen-bond donors (Lipinski definition) is 0. The van der Waals surface area contributed by atoms with Crippen molar-refractivity contribution in [3.63, 3.8) is 0 Å². The third-order valence-corrected chi connectivity index (χ3v) is 7.12. The first-order chi connectivity index (χ1) is 19.3. The van der Waals surface area contributed by atoms with Gasteiger partial charge in [0, 0.05) is 38.6 Å². The number of rotatable bonds is 8. The Kier molecular flexibility index (Phi) is 8.60. The second-order valence-electron chi connectivity index (χ2n) is 11.4. The predicted octanol–water partition coefficient (Wildman–Crippen LogP) is 4.80. The summed E-state index contributed by atoms with van der Waals surface area (Å²) in [5, 5.41) is 13.3. The van der Waals surface area contributed by atoms with Crippen LogP contribution in [0, 0.1) is 0 Å². The fourth-order valence-corrected chi connectivity index (χ4v) is 5.15. The van der Waals surface area contributed by atoms with E-state index in [9.17, 15) is 4.79 Å². The van der Waals surface area contributed by atoms with E-state index in [4.69, 9.17) is 4.74 Å². The molecule has 0 radical (unpaired) electrons. The standard InChI is InChI=1S/C31H39N7O2/c1-31(2,3)40-30(39)36-17-8-16-35(19-20-36)28(29-34-32-24-37(29)22-26-9-5-4-6-10-26)21-25-11-13-27(14-12-25)23-38-18-7-15-33-38/h4-7,9-15,18,24,28H,8,16-17,19-23H2,1-3H3. The molecule has 1 amide bonds. The zero-order valence-corrected chi connectivity index (χ0v) is 23.7. The minimum absolute atomic E-state index is 0.0155. The third kappa shape index (κ3) is 7.35. The molecule has 0 bridgehead atoms. The molecule has 4 aromatic rings. The third-order valence-electron chi connectivity index (χ3n) is 7.12. The molecule has 0 N–H and O–H groups in total. The molecule has 1 aliphatic heterocycles. The van der Waals surface area contributed by atoms with E-state index in [0.29, 0.717) is 19.6 Å². The number of ether oxygens (including phenoxy) is 1. The Morgan fingerprint density at radius 2 is 1.65 bits per heavy atom. The topological polar surface area (TPSA) is 81.3 Å². The van der Waals surface area contributed by atoms with Crippen LogP contribution in [0.1, 0.15) is 55.7 Å². The summed E-state index contributed by atoms with van der Waals surface area (Å²) in [5.41, 5.74) is 3.14. The lowest BCUT2D eigenvalue weighted by molar-refractivity contribution is 0.0254. The van der Waals surface area contributed by atoms with Gasteiger partial charge in [0.15, 0.2) is 5.82 Å². The highest BCUT2D eigenvalue weighted by molar-refractivity contribution is 5.68. The average Bonchev–Trinajstić information content (AvgIpc) is 3.54. The molecular weight excluding hydrogens is 502 g/mol. The highest BCUT2D eigenvalue weighted by Crippen LogP contribution is 2.26. The van der Waals surface area contributed by atoms with Crippen LogP contribution in [0.4, 0.5) is 4.79 Å². The van der Waals surface area contributed by atoms with Crippen LogP contribution in [-0.4, -0.2) is 72.2 Å². The van der Waals surface area contributed by atoms with Crippen molar-refractivity contribution in [1.82, 2.24) is 34.3 Å². The minimum atomic E-state index is -0.511. The van der Waals surface area contributed by atoms with Crippen LogP contribution in [0.5, 0.6) is 0 Å². The van der Waals surface area contributed by atoms with Crippen LogP contribution in [0.2, 0.25) is 0 Å². The fraction of sp³-hybridized carbons (Fsp3) is 0.419. The minimum Gasteiger partial charge on any atom is -0.444 e. The van der Waals surface area contributed by atoms with Crippen LogP contribution in [-0.2, 0) is 24.2 Å². The van der Waals surface area contributed by atoms with Gasteiger partial charge in [-0.25, -0.2) is 4.79 Å². The van der Waals surface area contributed by atoms with Crippen LogP contribution >= 0.6 is 0 Å². The van der Waals surface area contributed by atoms with Gasteiger partial charge < -0.3 is 14.2 Å². The molecule has 2 aromatic heterocycles. The number of amides is 1. The molecule has 1 fully saturated rings. The first-order valence-electron chi connectivity index (χ1n) is 14.0. The van der Waals surface area contributed by atoms with Crippen LogP contribution in [0.3, 0.4) is 0 Å². The lowest BCUT2D eigenvalue weighted by Crippen LogP contribution is -2.40. The van der Waals surface area contributed by atoms with Crippen molar-refractivity contribution in [1.29, 1.82) is 0 Å². The Morgan fingerprint density at radius 1 is 0.900 bits per heavy atom. The SMILES string of the molecule is CC(C)(C)OC(=O)N1CCCN(C(Cc2ccc(Cn3cccn3)cc2)c2nncn2Cc2ccccc2)CC1. The zero-order valence-electron chi connectivity index (χ0n) is 23.7. The summed E-state index contributed by atoms with van der Waals surface area (Å²) in [6, 6.07) is 21.1. The van der Waals surface area contributed by atoms with Gasteiger partial charge in [0.05, 0.1) is 19.1 Å². The van der Waals surface area contributed by atoms with Gasteiger partial charge in [-0.2, -0.15) is 5.10 Å². The van der Waals surface area contributed by atoms with E-state index in [-0.39, 0.29) is 12.1 Å². The number of nitrogens with zero attached hydrogens (tertiary/aromatic N) is 7. The van der Waals surface area contributed by atoms with E-state index in [0.717, 1.165) is 38.3 Å². The fourth-order valence-electron chi connectivity index (χ4n) is 5.15. The van der Waals surface area contributed by atoms with Crippen LogP contribution in [0.25, 0.3) is 0 Å². The second-order valence-corrected chi connectivity index (χ2v) is 11.4. The van der Waals surface area contributed by atoms with E-state index >= 15 is 0 Å². The maximum atomic E-state index is 12.8. The first-order valence-corrected chi connectivity index (χ1v) is 14.0. The average molecular weight is 542 g/mol. The Morgan fingerprint density at radius 3 is 2.38 bits per heavy atom. The lowest BCUT2D eigenvalue weighted by atomic mass is 10.0. The van der Waals surface area contributed by atoms with Crippen molar-refractivity contribution in [3.05, 3.63) is 102 Å². The Bertz CT molecular complexity index is 1340. The Hall–Kier alpha value is -3.98. The van der Waals surface area contributed by atoms with Crippen LogP contribution < -0.4 is 0 Å². The highest BCUT2D eigenvalue weighted by atomic mass is 16.6. The Balaban J connectivity index is 1.36. The molecule has 0 spiro atoms. The number of carbonyl (C=O) groups is 1. The van der Waals surface area contributed by atoms with E-state index in [2.05, 4.69) is 73.3 Å². The zero-order chi connectivity index (χ0) is 28.0. The van der Waals surface area contributed by atoms with Crippen molar-refractivity contribution in [2.45, 2.75) is 58.3 Å². The number of carbonyl (C=O) groups excluding carboxylic acids is 1. The maximum Gasteiger partial charge on any atom is 0.410 e. The molecular formula is C31H39N7O2. The predicted molar refractivity (Wildman–Crippen MR) is 154 cm³/mol. The van der Waals surface area contributed by atoms with E-state index in [1.165, 1.54) is 16.7 Å². The molecule has 5 rings (SSSR count). The molecule has 1 aliphatic rings. The van der Waals surface area contributed by atoms with Crippen molar-refractivity contribution >= 4 is 6.09 Å². The molecule has 9 nitrogen and oxygen atoms in total. The number of hydrogen-bond acceptors (Lipinski definition) is 6. The molecule has 0 aliphatic carbocycles. The molecule has 1 unspecified atom stereocenters. The number of aromatic nitrogens is 5. The van der Waals surface area contributed by atoms with E-state index < -0.39 is 5.60 Å². The van der Waals surface area contributed by atoms with Gasteiger partial charge in [-0.05, 0) is 56.4 Å². The molecule has 40 heavy (non-hydrogen) atoms. The normalized spacial score (nSPS) is 15.5. The summed E-state index contributed by atoms with van der Waals surface area (Å²) in [6.45, 7) is 10.1. The van der Waals surface area contributed by atoms with Crippen molar-refractivity contribution in [3.8, 4) is 0 Å². The first kappa shape index (κ1) is 27.6. The summed E-state index contributed by atoms with van der Waals surface area (Å²) >= 11 is 0. The highest BCUT2D eigenvalue weighted by Gasteiger charge is 2.30. The van der Waals surface area contributed by atoms with Crippen molar-refractivity contribution in [2.75, 3.05) is 26.2 Å². The molecule has 9 heteroatoms. The summed E-state index contributed by atoms with van der Waals surface area (Å²) in [4.78, 5) is 17.1. The molecule has 1 saturated heterocycles. The molecule has 2 aromatic carbocycles. The maximum absolute atomic E-state index is 12.8. The van der Waals surface area contributed by atoms with Gasteiger partial charge in [-0.3, -0.25) is 9.58 Å². The quantitative estimate of drug-likeness (QED) is 0.319. The van der Waals surface area contributed by atoms with Gasteiger partial charge in [0.25, 0.3) is 0 Å². The van der Waals surface area contributed by atoms with E-state index in [1.807, 2.05) is 55.0 Å². The largest absolute Gasteiger partial charge is 0.444 e. The van der Waals surface area contributed by atoms with Crippen molar-refractivity contribution in [2.24, 2.45) is 0 Å². The summed E-state index contributed by atoms with van der Waals surface area (Å²) in [5.74, 6) is 0.940. The summed E-state index contributed by atoms with van der Waals surface area (Å²) < 4.78 is 9.75. The molecule has 3 heterocycles. The smallest absolute Gasteiger partial charge is 0.410 e. The summed E-state index contributed by atoms with van der Waals surface area (Å²) in [6.07, 6.45) is 7.02. The van der Waals surface area contributed by atoms with E-state index in [1.54, 1.807) is 6.20 Å². The van der Waals surface area contributed by atoms with Crippen molar-refractivity contribution < 1.29 is 9.53 Å². The number of benzene rings is 2. The van der Waals surface area contributed by atoms with Gasteiger partial charge >= 0.3 is 6.09 Å². The molecule has 1 atom stereocenters. The van der Waals surface area contributed by atoms with Gasteiger partial charge in [-0.15, -0.1) is 10.2 Å². The Labute approximate surface area is 236 Å². The molecule has 210 valence electrons.